The smallest absolute Gasteiger partial charge is 0.251 e. The molecule has 26 heavy (non-hydrogen) atoms. The van der Waals surface area contributed by atoms with E-state index < -0.39 is 0 Å². The molecule has 1 saturated heterocycles. The quantitative estimate of drug-likeness (QED) is 0.777. The Bertz CT molecular complexity index is 934. The van der Waals surface area contributed by atoms with Crippen LogP contribution in [0.3, 0.4) is 0 Å². The number of H-pyrrole nitrogens is 1. The van der Waals surface area contributed by atoms with Crippen LogP contribution in [0.5, 0.6) is 0 Å². The summed E-state index contributed by atoms with van der Waals surface area (Å²) in [6.07, 6.45) is 5.61. The van der Waals surface area contributed by atoms with Gasteiger partial charge in [0.05, 0.1) is 12.2 Å². The van der Waals surface area contributed by atoms with Gasteiger partial charge in [-0.05, 0) is 38.4 Å². The average molecular weight is 351 g/mol. The van der Waals surface area contributed by atoms with Crippen molar-refractivity contribution in [2.75, 3.05) is 13.1 Å². The lowest BCUT2D eigenvalue weighted by Crippen LogP contribution is -2.34. The number of aromatic amines is 1. The van der Waals surface area contributed by atoms with Crippen molar-refractivity contribution in [2.45, 2.75) is 32.2 Å². The zero-order valence-electron chi connectivity index (χ0n) is 14.7. The summed E-state index contributed by atoms with van der Waals surface area (Å²) in [5.41, 5.74) is 2.62. The maximum atomic E-state index is 11.7. The number of aryl methyl sites for hydroxylation is 1. The first-order chi connectivity index (χ1) is 12.7. The van der Waals surface area contributed by atoms with Gasteiger partial charge in [0.25, 0.3) is 5.56 Å². The SMILES string of the molecule is Cc1nc(C2CCCN(Cc3cc(-c4ccncc4)no3)C2)cc(=O)[nH]1. The molecule has 0 aliphatic carbocycles. The summed E-state index contributed by atoms with van der Waals surface area (Å²) in [6.45, 7) is 4.39. The number of aromatic nitrogens is 4. The molecule has 3 aromatic heterocycles. The molecule has 0 radical (unpaired) electrons. The second-order valence-corrected chi connectivity index (χ2v) is 6.74. The monoisotopic (exact) mass is 351 g/mol. The molecule has 1 N–H and O–H groups in total. The highest BCUT2D eigenvalue weighted by molar-refractivity contribution is 5.57. The fourth-order valence-corrected chi connectivity index (χ4v) is 3.52. The normalized spacial score (nSPS) is 18.1. The molecule has 3 aromatic rings. The Labute approximate surface area is 151 Å². The maximum Gasteiger partial charge on any atom is 0.251 e. The Morgan fingerprint density at radius 1 is 1.31 bits per heavy atom. The van der Waals surface area contributed by atoms with Crippen molar-refractivity contribution < 1.29 is 4.52 Å². The standard InChI is InChI=1S/C19H21N5O2/c1-13-21-17(10-19(25)22-13)15-3-2-8-24(11-15)12-16-9-18(23-26-16)14-4-6-20-7-5-14/h4-7,9-10,15H,2-3,8,11-12H2,1H3,(H,21,22,25). The van der Waals surface area contributed by atoms with Crippen molar-refractivity contribution >= 4 is 0 Å². The fourth-order valence-electron chi connectivity index (χ4n) is 3.52. The van der Waals surface area contributed by atoms with Gasteiger partial charge in [-0.15, -0.1) is 0 Å². The predicted molar refractivity (Wildman–Crippen MR) is 96.6 cm³/mol. The first-order valence-electron chi connectivity index (χ1n) is 8.83. The van der Waals surface area contributed by atoms with Crippen LogP contribution < -0.4 is 5.56 Å². The van der Waals surface area contributed by atoms with Crippen molar-refractivity contribution in [3.63, 3.8) is 0 Å². The number of nitrogens with zero attached hydrogens (tertiary/aromatic N) is 4. The van der Waals surface area contributed by atoms with Gasteiger partial charge >= 0.3 is 0 Å². The Kier molecular flexibility index (Phi) is 4.62. The van der Waals surface area contributed by atoms with Gasteiger partial charge in [-0.2, -0.15) is 0 Å². The van der Waals surface area contributed by atoms with Gasteiger partial charge in [0.1, 0.15) is 11.5 Å². The molecular formula is C19H21N5O2. The maximum absolute atomic E-state index is 11.7. The number of likely N-dealkylation sites (tertiary alicyclic amines) is 1. The molecule has 7 nitrogen and oxygen atoms in total. The molecule has 4 heterocycles. The average Bonchev–Trinajstić information content (AvgIpc) is 3.10. The van der Waals surface area contributed by atoms with Crippen molar-refractivity contribution in [1.29, 1.82) is 0 Å². The molecule has 1 fully saturated rings. The van der Waals surface area contributed by atoms with E-state index in [9.17, 15) is 4.79 Å². The van der Waals surface area contributed by atoms with E-state index in [1.807, 2.05) is 25.1 Å². The third-order valence-electron chi connectivity index (χ3n) is 4.72. The molecule has 1 unspecified atom stereocenters. The van der Waals surface area contributed by atoms with Gasteiger partial charge < -0.3 is 9.51 Å². The Hall–Kier alpha value is -2.80. The zero-order chi connectivity index (χ0) is 17.9. The lowest BCUT2D eigenvalue weighted by atomic mass is 9.94. The molecule has 1 aliphatic rings. The van der Waals surface area contributed by atoms with Gasteiger partial charge in [-0.1, -0.05) is 5.16 Å². The van der Waals surface area contributed by atoms with Crippen LogP contribution in [-0.2, 0) is 6.54 Å². The van der Waals surface area contributed by atoms with E-state index in [0.717, 1.165) is 48.6 Å². The van der Waals surface area contributed by atoms with E-state index in [0.29, 0.717) is 12.4 Å². The first kappa shape index (κ1) is 16.7. The highest BCUT2D eigenvalue weighted by Gasteiger charge is 2.24. The summed E-state index contributed by atoms with van der Waals surface area (Å²) in [5.74, 6) is 1.78. The lowest BCUT2D eigenvalue weighted by Gasteiger charge is -2.31. The van der Waals surface area contributed by atoms with Crippen molar-refractivity contribution in [2.24, 2.45) is 0 Å². The second-order valence-electron chi connectivity index (χ2n) is 6.74. The fraction of sp³-hybridized carbons (Fsp3) is 0.368. The van der Waals surface area contributed by atoms with E-state index >= 15 is 0 Å². The largest absolute Gasteiger partial charge is 0.359 e. The zero-order valence-corrected chi connectivity index (χ0v) is 14.7. The number of rotatable bonds is 4. The minimum absolute atomic E-state index is 0.0816. The topological polar surface area (TPSA) is 87.9 Å². The summed E-state index contributed by atoms with van der Waals surface area (Å²) in [6, 6.07) is 7.44. The van der Waals surface area contributed by atoms with Gasteiger partial charge in [-0.3, -0.25) is 14.7 Å². The van der Waals surface area contributed by atoms with E-state index in [4.69, 9.17) is 4.52 Å². The summed E-state index contributed by atoms with van der Waals surface area (Å²) >= 11 is 0. The van der Waals surface area contributed by atoms with Gasteiger partial charge in [0.2, 0.25) is 0 Å². The lowest BCUT2D eigenvalue weighted by molar-refractivity contribution is 0.179. The van der Waals surface area contributed by atoms with Crippen molar-refractivity contribution in [3.8, 4) is 11.3 Å². The van der Waals surface area contributed by atoms with Crippen molar-refractivity contribution in [3.05, 3.63) is 64.3 Å². The molecule has 0 spiro atoms. The third-order valence-corrected chi connectivity index (χ3v) is 4.72. The highest BCUT2D eigenvalue weighted by Crippen LogP contribution is 2.27. The molecule has 0 amide bonds. The van der Waals surface area contributed by atoms with E-state index in [1.54, 1.807) is 18.5 Å². The molecule has 7 heteroatoms. The van der Waals surface area contributed by atoms with Crippen LogP contribution in [0.15, 0.2) is 46.0 Å². The number of nitrogens with one attached hydrogen (secondary N) is 1. The number of hydrogen-bond donors (Lipinski definition) is 1. The summed E-state index contributed by atoms with van der Waals surface area (Å²) < 4.78 is 5.52. The van der Waals surface area contributed by atoms with E-state index in [1.165, 1.54) is 0 Å². The van der Waals surface area contributed by atoms with Gasteiger partial charge in [0.15, 0.2) is 5.76 Å². The summed E-state index contributed by atoms with van der Waals surface area (Å²) in [7, 11) is 0. The Morgan fingerprint density at radius 3 is 2.96 bits per heavy atom. The van der Waals surface area contributed by atoms with Crippen molar-refractivity contribution in [1.82, 2.24) is 25.0 Å². The van der Waals surface area contributed by atoms with Crippen LogP contribution in [0, 0.1) is 6.92 Å². The molecule has 0 saturated carbocycles. The Balaban J connectivity index is 1.45. The van der Waals surface area contributed by atoms with Crippen LogP contribution in [0.25, 0.3) is 11.3 Å². The summed E-state index contributed by atoms with van der Waals surface area (Å²) in [4.78, 5) is 25.3. The van der Waals surface area contributed by atoms with E-state index in [-0.39, 0.29) is 11.5 Å². The molecule has 1 atom stereocenters. The second kappa shape index (κ2) is 7.21. The molecule has 0 aromatic carbocycles. The van der Waals surface area contributed by atoms with Crippen LogP contribution in [-0.4, -0.2) is 38.1 Å². The first-order valence-corrected chi connectivity index (χ1v) is 8.83. The molecule has 1 aliphatic heterocycles. The van der Waals surface area contributed by atoms with E-state index in [2.05, 4.69) is 25.0 Å². The molecular weight excluding hydrogens is 330 g/mol. The number of piperidine rings is 1. The van der Waals surface area contributed by atoms with Crippen LogP contribution in [0.2, 0.25) is 0 Å². The number of pyridine rings is 1. The third kappa shape index (κ3) is 3.72. The number of hydrogen-bond acceptors (Lipinski definition) is 6. The van der Waals surface area contributed by atoms with Crippen LogP contribution in [0.1, 0.15) is 36.0 Å². The van der Waals surface area contributed by atoms with Crippen LogP contribution >= 0.6 is 0 Å². The minimum Gasteiger partial charge on any atom is -0.359 e. The molecule has 4 rings (SSSR count). The van der Waals surface area contributed by atoms with Gasteiger partial charge in [-0.25, -0.2) is 4.98 Å². The minimum atomic E-state index is -0.0816. The summed E-state index contributed by atoms with van der Waals surface area (Å²) in [5, 5.41) is 4.17. The highest BCUT2D eigenvalue weighted by atomic mass is 16.5. The Morgan fingerprint density at radius 2 is 2.15 bits per heavy atom. The predicted octanol–water partition coefficient (Wildman–Crippen LogP) is 2.51. The molecule has 134 valence electrons. The van der Waals surface area contributed by atoms with Crippen LogP contribution in [0.4, 0.5) is 0 Å². The van der Waals surface area contributed by atoms with Gasteiger partial charge in [0, 0.05) is 42.6 Å². The molecule has 0 bridgehead atoms.